The predicted molar refractivity (Wildman–Crippen MR) is 123 cm³/mol. The highest BCUT2D eigenvalue weighted by Gasteiger charge is 2.22. The van der Waals surface area contributed by atoms with Crippen LogP contribution in [0.25, 0.3) is 5.69 Å². The van der Waals surface area contributed by atoms with Crippen LogP contribution in [-0.2, 0) is 0 Å². The number of ether oxygens (including phenoxy) is 1. The molecule has 7 heteroatoms. The number of halogens is 2. The van der Waals surface area contributed by atoms with Crippen LogP contribution in [0.1, 0.15) is 16.1 Å². The van der Waals surface area contributed by atoms with Crippen LogP contribution in [-0.4, -0.2) is 15.7 Å². The van der Waals surface area contributed by atoms with Gasteiger partial charge in [0, 0.05) is 14.4 Å². The van der Waals surface area contributed by atoms with Crippen LogP contribution in [0.3, 0.4) is 0 Å². The zero-order valence-corrected chi connectivity index (χ0v) is 19.0. The molecule has 0 aliphatic carbocycles. The third kappa shape index (κ3) is 4.61. The maximum absolute atomic E-state index is 12.9. The van der Waals surface area contributed by atoms with Crippen molar-refractivity contribution in [2.75, 3.05) is 0 Å². The molecule has 0 fully saturated rings. The molecule has 0 radical (unpaired) electrons. The van der Waals surface area contributed by atoms with E-state index in [-0.39, 0.29) is 0 Å². The molecule has 0 spiro atoms. The van der Waals surface area contributed by atoms with Crippen molar-refractivity contribution < 1.29 is 9.53 Å². The molecule has 0 bridgehead atoms. The fourth-order valence-electron chi connectivity index (χ4n) is 2.80. The van der Waals surface area contributed by atoms with E-state index >= 15 is 0 Å². The smallest absolute Gasteiger partial charge is 0.344 e. The topological polar surface area (TPSA) is 44.1 Å². The molecule has 0 unspecified atom stereocenters. The molecule has 1 heterocycles. The zero-order chi connectivity index (χ0) is 21.1. The lowest BCUT2D eigenvalue weighted by Gasteiger charge is -2.10. The Hall–Kier alpha value is -2.54. The monoisotopic (exact) mass is 498 g/mol. The van der Waals surface area contributed by atoms with Crippen LogP contribution in [0.2, 0.25) is 5.02 Å². The second-order valence-corrected chi connectivity index (χ2v) is 8.86. The molecule has 0 aliphatic rings. The van der Waals surface area contributed by atoms with Gasteiger partial charge in [-0.1, -0.05) is 57.5 Å². The van der Waals surface area contributed by atoms with E-state index in [4.69, 9.17) is 16.3 Å². The average Bonchev–Trinajstić information content (AvgIpc) is 3.06. The highest BCUT2D eigenvalue weighted by atomic mass is 79.9. The molecule has 0 saturated carbocycles. The van der Waals surface area contributed by atoms with E-state index in [0.717, 1.165) is 25.6 Å². The predicted octanol–water partition coefficient (Wildman–Crippen LogP) is 6.97. The van der Waals surface area contributed by atoms with Crippen LogP contribution in [0, 0.1) is 6.92 Å². The van der Waals surface area contributed by atoms with Crippen molar-refractivity contribution in [2.45, 2.75) is 16.7 Å². The summed E-state index contributed by atoms with van der Waals surface area (Å²) in [6.45, 7) is 1.90. The maximum Gasteiger partial charge on any atom is 0.344 e. The Morgan fingerprint density at radius 3 is 2.33 bits per heavy atom. The van der Waals surface area contributed by atoms with Crippen molar-refractivity contribution in [1.82, 2.24) is 9.78 Å². The first-order valence-corrected chi connectivity index (χ1v) is 11.1. The fourth-order valence-corrected chi connectivity index (χ4v) is 4.10. The van der Waals surface area contributed by atoms with Gasteiger partial charge in [-0.2, -0.15) is 9.78 Å². The number of nitrogens with zero attached hydrogens (tertiary/aromatic N) is 2. The van der Waals surface area contributed by atoms with Crippen molar-refractivity contribution in [2.24, 2.45) is 0 Å². The minimum Gasteiger partial charge on any atom is -0.402 e. The zero-order valence-electron chi connectivity index (χ0n) is 15.9. The minimum absolute atomic E-state index is 0.381. The van der Waals surface area contributed by atoms with E-state index in [1.54, 1.807) is 28.9 Å². The highest BCUT2D eigenvalue weighted by molar-refractivity contribution is 9.10. The Balaban J connectivity index is 1.75. The lowest BCUT2D eigenvalue weighted by atomic mass is 10.2. The molecule has 0 aliphatic heterocycles. The number of aryl methyl sites for hydroxylation is 1. The van der Waals surface area contributed by atoms with E-state index in [1.165, 1.54) is 11.8 Å². The lowest BCUT2D eigenvalue weighted by Crippen LogP contribution is -2.12. The summed E-state index contributed by atoms with van der Waals surface area (Å²) in [7, 11) is 0. The van der Waals surface area contributed by atoms with Crippen molar-refractivity contribution in [1.29, 1.82) is 0 Å². The third-order valence-corrected chi connectivity index (χ3v) is 6.23. The number of rotatable bonds is 5. The van der Waals surface area contributed by atoms with E-state index in [2.05, 4.69) is 21.0 Å². The van der Waals surface area contributed by atoms with Gasteiger partial charge in [-0.05, 0) is 67.6 Å². The largest absolute Gasteiger partial charge is 0.402 e. The molecular weight excluding hydrogens is 484 g/mol. The lowest BCUT2D eigenvalue weighted by molar-refractivity contribution is 0.0718. The quantitative estimate of drug-likeness (QED) is 0.278. The van der Waals surface area contributed by atoms with Crippen LogP contribution in [0.15, 0.2) is 93.1 Å². The number of para-hydroxylation sites is 1. The van der Waals surface area contributed by atoms with Crippen LogP contribution in [0.4, 0.5) is 0 Å². The standard InChI is InChI=1S/C23H16BrClN2O2S/c1-15-21(30-20-13-11-18(25)12-14-20)22(27(26-15)19-5-3-2-4-6-19)29-23(28)16-7-9-17(24)10-8-16/h2-14H,1H3. The van der Waals surface area contributed by atoms with Gasteiger partial charge in [-0.3, -0.25) is 0 Å². The molecule has 4 aromatic rings. The molecular formula is C23H16BrClN2O2S. The normalized spacial score (nSPS) is 10.8. The van der Waals surface area contributed by atoms with Gasteiger partial charge in [0.2, 0.25) is 5.88 Å². The summed E-state index contributed by atoms with van der Waals surface area (Å²) >= 11 is 10.9. The van der Waals surface area contributed by atoms with Crippen molar-refractivity contribution in [3.63, 3.8) is 0 Å². The summed E-state index contributed by atoms with van der Waals surface area (Å²) in [6.07, 6.45) is 0. The molecule has 3 aromatic carbocycles. The van der Waals surface area contributed by atoms with Gasteiger partial charge in [0.1, 0.15) is 0 Å². The van der Waals surface area contributed by atoms with E-state index in [9.17, 15) is 4.79 Å². The summed E-state index contributed by atoms with van der Waals surface area (Å²) in [5.41, 5.74) is 2.03. The Morgan fingerprint density at radius 1 is 1.00 bits per heavy atom. The number of hydrogen-bond donors (Lipinski definition) is 0. The molecule has 150 valence electrons. The molecule has 4 rings (SSSR count). The molecule has 0 saturated heterocycles. The van der Waals surface area contributed by atoms with Gasteiger partial charge in [0.05, 0.1) is 21.8 Å². The van der Waals surface area contributed by atoms with Gasteiger partial charge in [0.15, 0.2) is 0 Å². The highest BCUT2D eigenvalue weighted by Crippen LogP contribution is 2.39. The second-order valence-electron chi connectivity index (χ2n) is 6.42. The van der Waals surface area contributed by atoms with E-state index in [1.807, 2.05) is 61.5 Å². The molecule has 0 N–H and O–H groups in total. The van der Waals surface area contributed by atoms with Gasteiger partial charge in [0.25, 0.3) is 0 Å². The van der Waals surface area contributed by atoms with Crippen LogP contribution < -0.4 is 4.74 Å². The Kier molecular flexibility index (Phi) is 6.27. The first-order chi connectivity index (χ1) is 14.5. The number of hydrogen-bond acceptors (Lipinski definition) is 4. The molecule has 4 nitrogen and oxygen atoms in total. The number of aromatic nitrogens is 2. The summed E-state index contributed by atoms with van der Waals surface area (Å²) in [5.74, 6) is -0.0656. The SMILES string of the molecule is Cc1nn(-c2ccccc2)c(OC(=O)c2ccc(Br)cc2)c1Sc1ccc(Cl)cc1. The summed E-state index contributed by atoms with van der Waals surface area (Å²) in [6, 6.07) is 24.1. The van der Waals surface area contributed by atoms with Crippen molar-refractivity contribution in [3.05, 3.63) is 99.6 Å². The summed E-state index contributed by atoms with van der Waals surface area (Å²) in [4.78, 5) is 14.6. The van der Waals surface area contributed by atoms with Gasteiger partial charge in [-0.15, -0.1) is 0 Å². The fraction of sp³-hybridized carbons (Fsp3) is 0.0435. The number of carbonyl (C=O) groups excluding carboxylic acids is 1. The molecule has 30 heavy (non-hydrogen) atoms. The van der Waals surface area contributed by atoms with Gasteiger partial charge < -0.3 is 4.74 Å². The minimum atomic E-state index is -0.447. The Bertz CT molecular complexity index is 1180. The van der Waals surface area contributed by atoms with E-state index in [0.29, 0.717) is 16.5 Å². The van der Waals surface area contributed by atoms with E-state index < -0.39 is 5.97 Å². The first kappa shape index (κ1) is 20.7. The number of benzene rings is 3. The molecule has 1 aromatic heterocycles. The van der Waals surface area contributed by atoms with Crippen molar-refractivity contribution >= 4 is 45.3 Å². The van der Waals surface area contributed by atoms with Gasteiger partial charge in [-0.25, -0.2) is 4.79 Å². The Morgan fingerprint density at radius 2 is 1.67 bits per heavy atom. The van der Waals surface area contributed by atoms with Crippen LogP contribution in [0.5, 0.6) is 5.88 Å². The van der Waals surface area contributed by atoms with Gasteiger partial charge >= 0.3 is 5.97 Å². The average molecular weight is 500 g/mol. The number of esters is 1. The molecule has 0 atom stereocenters. The summed E-state index contributed by atoms with van der Waals surface area (Å²) < 4.78 is 8.42. The second kappa shape index (κ2) is 9.08. The molecule has 0 amide bonds. The maximum atomic E-state index is 12.9. The third-order valence-electron chi connectivity index (χ3n) is 4.27. The van der Waals surface area contributed by atoms with Crippen molar-refractivity contribution in [3.8, 4) is 11.6 Å². The summed E-state index contributed by atoms with van der Waals surface area (Å²) in [5, 5.41) is 5.31. The van der Waals surface area contributed by atoms with Crippen LogP contribution >= 0.6 is 39.3 Å². The number of carbonyl (C=O) groups is 1. The first-order valence-electron chi connectivity index (χ1n) is 9.07. The Labute approximate surface area is 192 Å².